The molecule has 0 fully saturated rings. The number of hydrogen-bond donors (Lipinski definition) is 2. The standard InChI is InChI=1S/C11H24N2O4S/c1-6-9(17-7-2)10(14)12-8-11(3,4)13-18(5,15)16/h9,13H,6-8H2,1-5H3,(H,12,14). The zero-order valence-electron chi connectivity index (χ0n) is 11.7. The molecule has 0 radical (unpaired) electrons. The molecule has 0 aliphatic carbocycles. The molecule has 1 unspecified atom stereocenters. The Hall–Kier alpha value is -0.660. The Balaban J connectivity index is 4.34. The second kappa shape index (κ2) is 7.06. The third-order valence-corrected chi connectivity index (χ3v) is 3.12. The fourth-order valence-corrected chi connectivity index (χ4v) is 2.62. The van der Waals surface area contributed by atoms with Crippen LogP contribution in [0.3, 0.4) is 0 Å². The third-order valence-electron chi connectivity index (χ3n) is 2.20. The zero-order chi connectivity index (χ0) is 14.4. The van der Waals surface area contributed by atoms with Crippen molar-refractivity contribution in [1.82, 2.24) is 10.0 Å². The largest absolute Gasteiger partial charge is 0.369 e. The van der Waals surface area contributed by atoms with Crippen LogP contribution in [-0.2, 0) is 19.6 Å². The van der Waals surface area contributed by atoms with Crippen LogP contribution in [-0.4, -0.2) is 45.4 Å². The van der Waals surface area contributed by atoms with E-state index in [1.165, 1.54) is 0 Å². The number of carbonyl (C=O) groups excluding carboxylic acids is 1. The Kier molecular flexibility index (Phi) is 6.80. The number of amides is 1. The Morgan fingerprint density at radius 2 is 1.89 bits per heavy atom. The predicted molar refractivity (Wildman–Crippen MR) is 70.8 cm³/mol. The van der Waals surface area contributed by atoms with Gasteiger partial charge in [-0.25, -0.2) is 13.1 Å². The van der Waals surface area contributed by atoms with Crippen LogP contribution in [0.5, 0.6) is 0 Å². The number of nitrogens with one attached hydrogen (secondary N) is 2. The van der Waals surface area contributed by atoms with Crippen LogP contribution >= 0.6 is 0 Å². The Morgan fingerprint density at radius 3 is 2.28 bits per heavy atom. The minimum absolute atomic E-state index is 0.211. The summed E-state index contributed by atoms with van der Waals surface area (Å²) in [7, 11) is -3.30. The normalized spacial score (nSPS) is 14.3. The summed E-state index contributed by atoms with van der Waals surface area (Å²) in [5.41, 5.74) is -0.728. The highest BCUT2D eigenvalue weighted by Gasteiger charge is 2.24. The van der Waals surface area contributed by atoms with E-state index in [0.29, 0.717) is 13.0 Å². The van der Waals surface area contributed by atoms with E-state index in [2.05, 4.69) is 10.0 Å². The maximum absolute atomic E-state index is 11.8. The molecule has 1 atom stereocenters. The SMILES string of the molecule is CCOC(CC)C(=O)NCC(C)(C)NS(C)(=O)=O. The smallest absolute Gasteiger partial charge is 0.249 e. The molecular weight excluding hydrogens is 256 g/mol. The summed E-state index contributed by atoms with van der Waals surface area (Å²) >= 11 is 0. The molecule has 2 N–H and O–H groups in total. The van der Waals surface area contributed by atoms with Crippen molar-refractivity contribution in [2.24, 2.45) is 0 Å². The monoisotopic (exact) mass is 280 g/mol. The fourth-order valence-electron chi connectivity index (χ4n) is 1.54. The highest BCUT2D eigenvalue weighted by molar-refractivity contribution is 7.88. The maximum atomic E-state index is 11.8. The van der Waals surface area contributed by atoms with Gasteiger partial charge in [-0.1, -0.05) is 6.92 Å². The average molecular weight is 280 g/mol. The van der Waals surface area contributed by atoms with E-state index in [1.807, 2.05) is 13.8 Å². The number of rotatable bonds is 8. The van der Waals surface area contributed by atoms with Crippen molar-refractivity contribution in [2.75, 3.05) is 19.4 Å². The quantitative estimate of drug-likeness (QED) is 0.667. The second-order valence-electron chi connectivity index (χ2n) is 4.83. The topological polar surface area (TPSA) is 84.5 Å². The highest BCUT2D eigenvalue weighted by Crippen LogP contribution is 2.03. The van der Waals surface area contributed by atoms with E-state index >= 15 is 0 Å². The van der Waals surface area contributed by atoms with Crippen molar-refractivity contribution in [3.63, 3.8) is 0 Å². The lowest BCUT2D eigenvalue weighted by atomic mass is 10.1. The summed E-state index contributed by atoms with van der Waals surface area (Å²) in [6.07, 6.45) is 1.19. The molecule has 0 rings (SSSR count). The summed E-state index contributed by atoms with van der Waals surface area (Å²) in [5, 5.41) is 2.69. The van der Waals surface area contributed by atoms with Crippen LogP contribution in [0.15, 0.2) is 0 Å². The molecule has 0 aliphatic rings. The van der Waals surface area contributed by atoms with Crippen LogP contribution < -0.4 is 10.0 Å². The summed E-state index contributed by atoms with van der Waals surface area (Å²) in [5.74, 6) is -0.220. The number of sulfonamides is 1. The van der Waals surface area contributed by atoms with Crippen LogP contribution in [0, 0.1) is 0 Å². The first kappa shape index (κ1) is 17.3. The molecule has 0 aromatic carbocycles. The van der Waals surface area contributed by atoms with Crippen molar-refractivity contribution in [1.29, 1.82) is 0 Å². The van der Waals surface area contributed by atoms with Gasteiger partial charge < -0.3 is 10.1 Å². The molecule has 18 heavy (non-hydrogen) atoms. The second-order valence-corrected chi connectivity index (χ2v) is 6.58. The van der Waals surface area contributed by atoms with Gasteiger partial charge in [0.25, 0.3) is 0 Å². The summed E-state index contributed by atoms with van der Waals surface area (Å²) in [6.45, 7) is 7.77. The Labute approximate surface area is 110 Å². The molecule has 0 bridgehead atoms. The van der Waals surface area contributed by atoms with E-state index in [-0.39, 0.29) is 12.5 Å². The van der Waals surface area contributed by atoms with Crippen molar-refractivity contribution in [2.45, 2.75) is 45.8 Å². The van der Waals surface area contributed by atoms with Gasteiger partial charge in [0.2, 0.25) is 15.9 Å². The molecule has 6 nitrogen and oxygen atoms in total. The van der Waals surface area contributed by atoms with E-state index in [1.54, 1.807) is 13.8 Å². The first-order valence-corrected chi connectivity index (χ1v) is 7.88. The van der Waals surface area contributed by atoms with Crippen LogP contribution in [0.25, 0.3) is 0 Å². The molecule has 0 aliphatic heterocycles. The average Bonchev–Trinajstić information content (AvgIpc) is 2.19. The number of hydrogen-bond acceptors (Lipinski definition) is 4. The van der Waals surface area contributed by atoms with E-state index in [4.69, 9.17) is 4.74 Å². The molecule has 0 aromatic heterocycles. The van der Waals surface area contributed by atoms with Gasteiger partial charge >= 0.3 is 0 Å². The van der Waals surface area contributed by atoms with Gasteiger partial charge in [0.15, 0.2) is 0 Å². The van der Waals surface area contributed by atoms with Gasteiger partial charge in [-0.2, -0.15) is 0 Å². The van der Waals surface area contributed by atoms with Crippen molar-refractivity contribution in [3.05, 3.63) is 0 Å². The van der Waals surface area contributed by atoms with E-state index in [9.17, 15) is 13.2 Å². The molecule has 108 valence electrons. The number of carbonyl (C=O) groups is 1. The van der Waals surface area contributed by atoms with Gasteiger partial charge in [0.05, 0.1) is 6.26 Å². The third kappa shape index (κ3) is 7.62. The molecular formula is C11H24N2O4S. The van der Waals surface area contributed by atoms with Crippen LogP contribution in [0.2, 0.25) is 0 Å². The first-order chi connectivity index (χ1) is 8.11. The van der Waals surface area contributed by atoms with Crippen molar-refractivity contribution in [3.8, 4) is 0 Å². The predicted octanol–water partition coefficient (Wildman–Crippen LogP) is 0.246. The lowest BCUT2D eigenvalue weighted by Gasteiger charge is -2.26. The van der Waals surface area contributed by atoms with Gasteiger partial charge in [0.1, 0.15) is 6.10 Å². The van der Waals surface area contributed by atoms with Gasteiger partial charge in [-0.15, -0.1) is 0 Å². The van der Waals surface area contributed by atoms with E-state index < -0.39 is 21.7 Å². The van der Waals surface area contributed by atoms with Gasteiger partial charge in [-0.3, -0.25) is 4.79 Å². The molecule has 0 aromatic rings. The van der Waals surface area contributed by atoms with Crippen LogP contribution in [0.4, 0.5) is 0 Å². The molecule has 1 amide bonds. The minimum atomic E-state index is -3.30. The summed E-state index contributed by atoms with van der Waals surface area (Å²) in [4.78, 5) is 11.8. The first-order valence-electron chi connectivity index (χ1n) is 5.99. The molecule has 0 heterocycles. The summed E-state index contributed by atoms with van der Waals surface area (Å²) < 4.78 is 30.0. The van der Waals surface area contributed by atoms with Crippen molar-refractivity contribution >= 4 is 15.9 Å². The zero-order valence-corrected chi connectivity index (χ0v) is 12.6. The van der Waals surface area contributed by atoms with Gasteiger partial charge in [-0.05, 0) is 27.2 Å². The van der Waals surface area contributed by atoms with E-state index in [0.717, 1.165) is 6.26 Å². The maximum Gasteiger partial charge on any atom is 0.249 e. The Bertz CT molecular complexity index is 365. The molecule has 0 saturated heterocycles. The lowest BCUT2D eigenvalue weighted by molar-refractivity contribution is -0.132. The number of ether oxygens (including phenoxy) is 1. The Morgan fingerprint density at radius 1 is 1.33 bits per heavy atom. The van der Waals surface area contributed by atoms with Crippen LogP contribution in [0.1, 0.15) is 34.1 Å². The lowest BCUT2D eigenvalue weighted by Crippen LogP contribution is -2.52. The van der Waals surface area contributed by atoms with Crippen molar-refractivity contribution < 1.29 is 17.9 Å². The molecule has 0 spiro atoms. The fraction of sp³-hybridized carbons (Fsp3) is 0.909. The highest BCUT2D eigenvalue weighted by atomic mass is 32.2. The minimum Gasteiger partial charge on any atom is -0.369 e. The molecule has 7 heteroatoms. The molecule has 0 saturated carbocycles. The van der Waals surface area contributed by atoms with Gasteiger partial charge in [0, 0.05) is 18.7 Å². The summed E-state index contributed by atoms with van der Waals surface area (Å²) in [6, 6.07) is 0.